The molecule has 0 saturated heterocycles. The fraction of sp³-hybridized carbons (Fsp3) is 0.0833. The predicted molar refractivity (Wildman–Crippen MR) is 73.2 cm³/mol. The van der Waals surface area contributed by atoms with Crippen LogP contribution in [0.1, 0.15) is 15.2 Å². The van der Waals surface area contributed by atoms with E-state index in [-0.39, 0.29) is 15.5 Å². The fourth-order valence-electron chi connectivity index (χ4n) is 1.62. The first-order chi connectivity index (χ1) is 9.33. The normalized spacial score (nSPS) is 11.3. The Labute approximate surface area is 118 Å². The zero-order chi connectivity index (χ0) is 14.9. The molecule has 0 saturated carbocycles. The average Bonchev–Trinajstić information content (AvgIpc) is 2.84. The summed E-state index contributed by atoms with van der Waals surface area (Å²) in [4.78, 5) is 10.3. The molecule has 2 aromatic rings. The van der Waals surface area contributed by atoms with Crippen molar-refractivity contribution < 1.29 is 22.7 Å². The molecule has 1 aromatic heterocycles. The van der Waals surface area contributed by atoms with E-state index in [0.29, 0.717) is 5.56 Å². The third-order valence-electron chi connectivity index (χ3n) is 2.57. The van der Waals surface area contributed by atoms with Gasteiger partial charge in [-0.05, 0) is 30.0 Å². The molecule has 2 N–H and O–H groups in total. The number of carboxylic acid groups (broad SMARTS) is 1. The molecule has 0 atom stereocenters. The number of carboxylic acids is 1. The maximum atomic E-state index is 13.6. The van der Waals surface area contributed by atoms with E-state index >= 15 is 0 Å². The number of aryl methyl sites for hydroxylation is 1. The molecule has 20 heavy (non-hydrogen) atoms. The maximum absolute atomic E-state index is 13.6. The number of anilines is 1. The van der Waals surface area contributed by atoms with Crippen LogP contribution in [0.3, 0.4) is 0 Å². The fourth-order valence-corrected chi connectivity index (χ4v) is 4.02. The van der Waals surface area contributed by atoms with Crippen LogP contribution in [0.25, 0.3) is 0 Å². The predicted octanol–water partition coefficient (Wildman–Crippen LogP) is 2.69. The van der Waals surface area contributed by atoms with Gasteiger partial charge in [0.15, 0.2) is 0 Å². The Kier molecular flexibility index (Phi) is 3.78. The zero-order valence-electron chi connectivity index (χ0n) is 10.3. The van der Waals surface area contributed by atoms with E-state index in [1.54, 1.807) is 13.0 Å². The first-order valence-electron chi connectivity index (χ1n) is 5.41. The van der Waals surface area contributed by atoms with Gasteiger partial charge in [0.1, 0.15) is 15.6 Å². The summed E-state index contributed by atoms with van der Waals surface area (Å²) in [6.45, 7) is 1.55. The first-order valence-corrected chi connectivity index (χ1v) is 7.78. The second-order valence-corrected chi connectivity index (χ2v) is 6.52. The molecule has 1 heterocycles. The molecule has 0 fully saturated rings. The quantitative estimate of drug-likeness (QED) is 0.908. The molecular formula is C12H10FNO4S2. The van der Waals surface area contributed by atoms with Gasteiger partial charge in [0.2, 0.25) is 0 Å². The standard InChI is InChI=1S/C12H10FNO4S2/c1-7-3-2-4-8(13)10(7)14-20(17,18)9-5-6-19-11(9)12(15)16/h2-6,14H,1H3,(H,15,16). The largest absolute Gasteiger partial charge is 0.477 e. The molecule has 0 aliphatic rings. The number of hydrogen-bond donors (Lipinski definition) is 2. The van der Waals surface area contributed by atoms with Crippen LogP contribution >= 0.6 is 11.3 Å². The molecule has 1 aromatic carbocycles. The van der Waals surface area contributed by atoms with E-state index in [9.17, 15) is 17.6 Å². The Hall–Kier alpha value is -1.93. The van der Waals surface area contributed by atoms with Crippen LogP contribution in [0, 0.1) is 12.7 Å². The molecule has 0 aliphatic heterocycles. The van der Waals surface area contributed by atoms with Gasteiger partial charge in [-0.15, -0.1) is 11.3 Å². The summed E-state index contributed by atoms with van der Waals surface area (Å²) < 4.78 is 40.0. The van der Waals surface area contributed by atoms with Crippen LogP contribution in [0.5, 0.6) is 0 Å². The van der Waals surface area contributed by atoms with Gasteiger partial charge in [-0.25, -0.2) is 17.6 Å². The summed E-state index contributed by atoms with van der Waals surface area (Å²) >= 11 is 0.791. The van der Waals surface area contributed by atoms with Gasteiger partial charge < -0.3 is 5.11 Å². The minimum absolute atomic E-state index is 0.185. The molecule has 106 valence electrons. The van der Waals surface area contributed by atoms with Crippen molar-refractivity contribution in [1.82, 2.24) is 0 Å². The van der Waals surface area contributed by atoms with Crippen LogP contribution in [0.4, 0.5) is 10.1 Å². The topological polar surface area (TPSA) is 83.5 Å². The van der Waals surface area contributed by atoms with E-state index in [2.05, 4.69) is 4.72 Å². The number of para-hydroxylation sites is 1. The highest BCUT2D eigenvalue weighted by Gasteiger charge is 2.25. The molecule has 0 spiro atoms. The van der Waals surface area contributed by atoms with Crippen molar-refractivity contribution in [2.24, 2.45) is 0 Å². The lowest BCUT2D eigenvalue weighted by Crippen LogP contribution is -2.16. The maximum Gasteiger partial charge on any atom is 0.347 e. The van der Waals surface area contributed by atoms with Crippen molar-refractivity contribution in [1.29, 1.82) is 0 Å². The Morgan fingerprint density at radius 1 is 1.35 bits per heavy atom. The number of aromatic carboxylic acids is 1. The SMILES string of the molecule is Cc1cccc(F)c1NS(=O)(=O)c1ccsc1C(=O)O. The number of hydrogen-bond acceptors (Lipinski definition) is 4. The van der Waals surface area contributed by atoms with Gasteiger partial charge in [0.25, 0.3) is 10.0 Å². The van der Waals surface area contributed by atoms with Crippen LogP contribution in [0.2, 0.25) is 0 Å². The van der Waals surface area contributed by atoms with Crippen LogP contribution in [-0.2, 0) is 10.0 Å². The zero-order valence-corrected chi connectivity index (χ0v) is 11.9. The number of rotatable bonds is 4. The Morgan fingerprint density at radius 3 is 2.65 bits per heavy atom. The number of sulfonamides is 1. The van der Waals surface area contributed by atoms with Gasteiger partial charge in [-0.1, -0.05) is 12.1 Å². The Bertz CT molecular complexity index is 747. The van der Waals surface area contributed by atoms with Gasteiger partial charge in [0, 0.05) is 0 Å². The van der Waals surface area contributed by atoms with Gasteiger partial charge in [0.05, 0.1) is 5.69 Å². The van der Waals surface area contributed by atoms with Gasteiger partial charge in [-0.3, -0.25) is 4.72 Å². The summed E-state index contributed by atoms with van der Waals surface area (Å²) in [5, 5.41) is 10.3. The van der Waals surface area contributed by atoms with E-state index in [1.165, 1.54) is 17.5 Å². The molecule has 0 amide bonds. The molecule has 8 heteroatoms. The molecule has 0 unspecified atom stereocenters. The number of halogens is 1. The summed E-state index contributed by atoms with van der Waals surface area (Å²) in [6.07, 6.45) is 0. The Balaban J connectivity index is 2.47. The number of thiophene rings is 1. The van der Waals surface area contributed by atoms with E-state index in [1.807, 2.05) is 0 Å². The van der Waals surface area contributed by atoms with Crippen LogP contribution in [0.15, 0.2) is 34.5 Å². The van der Waals surface area contributed by atoms with Crippen molar-refractivity contribution in [2.45, 2.75) is 11.8 Å². The second-order valence-electron chi connectivity index (χ2n) is 3.96. The first kappa shape index (κ1) is 14.5. The van der Waals surface area contributed by atoms with Crippen molar-refractivity contribution in [2.75, 3.05) is 4.72 Å². The van der Waals surface area contributed by atoms with Gasteiger partial charge in [-0.2, -0.15) is 0 Å². The second kappa shape index (κ2) is 5.22. The van der Waals surface area contributed by atoms with Crippen LogP contribution in [-0.4, -0.2) is 19.5 Å². The number of nitrogens with one attached hydrogen (secondary N) is 1. The van der Waals surface area contributed by atoms with E-state index in [4.69, 9.17) is 5.11 Å². The molecule has 0 aliphatic carbocycles. The molecule has 5 nitrogen and oxygen atoms in total. The minimum atomic E-state index is -4.15. The number of benzene rings is 1. The van der Waals surface area contributed by atoms with Crippen molar-refractivity contribution in [3.8, 4) is 0 Å². The summed E-state index contributed by atoms with van der Waals surface area (Å²) in [6, 6.07) is 5.30. The summed E-state index contributed by atoms with van der Waals surface area (Å²) in [5.74, 6) is -2.06. The molecule has 0 radical (unpaired) electrons. The van der Waals surface area contributed by atoms with Crippen molar-refractivity contribution >= 4 is 33.0 Å². The minimum Gasteiger partial charge on any atom is -0.477 e. The third-order valence-corrected chi connectivity index (χ3v) is 4.99. The highest BCUT2D eigenvalue weighted by Crippen LogP contribution is 2.27. The number of carbonyl (C=O) groups is 1. The van der Waals surface area contributed by atoms with E-state index < -0.39 is 21.8 Å². The molecule has 2 rings (SSSR count). The molecule has 0 bridgehead atoms. The highest BCUT2D eigenvalue weighted by molar-refractivity contribution is 7.93. The lowest BCUT2D eigenvalue weighted by molar-refractivity contribution is 0.0698. The lowest BCUT2D eigenvalue weighted by Gasteiger charge is -2.11. The molecular weight excluding hydrogens is 305 g/mol. The van der Waals surface area contributed by atoms with Crippen LogP contribution < -0.4 is 4.72 Å². The Morgan fingerprint density at radius 2 is 2.05 bits per heavy atom. The highest BCUT2D eigenvalue weighted by atomic mass is 32.2. The summed E-state index contributed by atoms with van der Waals surface area (Å²) in [5.41, 5.74) is 0.218. The van der Waals surface area contributed by atoms with Crippen molar-refractivity contribution in [3.63, 3.8) is 0 Å². The smallest absolute Gasteiger partial charge is 0.347 e. The van der Waals surface area contributed by atoms with Gasteiger partial charge >= 0.3 is 5.97 Å². The summed E-state index contributed by atoms with van der Waals surface area (Å²) in [7, 11) is -4.15. The van der Waals surface area contributed by atoms with Crippen molar-refractivity contribution in [3.05, 3.63) is 45.9 Å². The third kappa shape index (κ3) is 2.66. The monoisotopic (exact) mass is 315 g/mol. The van der Waals surface area contributed by atoms with E-state index in [0.717, 1.165) is 17.4 Å². The average molecular weight is 315 g/mol. The lowest BCUT2D eigenvalue weighted by atomic mass is 10.2.